The van der Waals surface area contributed by atoms with Crippen molar-refractivity contribution < 1.29 is 23.9 Å². The Balaban J connectivity index is 1.55. The molecule has 0 unspecified atom stereocenters. The van der Waals surface area contributed by atoms with Crippen LogP contribution in [0.2, 0.25) is 0 Å². The topological polar surface area (TPSA) is 73.3 Å². The van der Waals surface area contributed by atoms with Crippen LogP contribution in [0.15, 0.2) is 45.8 Å². The van der Waals surface area contributed by atoms with Gasteiger partial charge < -0.3 is 23.9 Å². The fraction of sp³-hybridized carbons (Fsp3) is 0.375. The molecule has 2 aromatic carbocycles. The Kier molecular flexibility index (Phi) is 5.09. The van der Waals surface area contributed by atoms with Crippen molar-refractivity contribution in [3.05, 3.63) is 52.4 Å². The van der Waals surface area contributed by atoms with E-state index < -0.39 is 0 Å². The van der Waals surface area contributed by atoms with Gasteiger partial charge in [-0.05, 0) is 55.5 Å². The summed E-state index contributed by atoms with van der Waals surface area (Å²) in [6, 6.07) is 8.74. The molecule has 0 bridgehead atoms. The molecule has 2 aliphatic heterocycles. The molecule has 5 rings (SSSR count). The van der Waals surface area contributed by atoms with Crippen LogP contribution in [0, 0.1) is 0 Å². The Labute approximate surface area is 174 Å². The molecule has 0 radical (unpaired) electrons. The number of rotatable bonds is 3. The maximum Gasteiger partial charge on any atom is 0.200 e. The third kappa shape index (κ3) is 3.52. The number of phenols is 1. The van der Waals surface area contributed by atoms with Gasteiger partial charge in [-0.15, -0.1) is 0 Å². The van der Waals surface area contributed by atoms with Crippen LogP contribution in [0.4, 0.5) is 0 Å². The Bertz CT molecular complexity index is 1130. The van der Waals surface area contributed by atoms with Crippen LogP contribution in [0.3, 0.4) is 0 Å². The zero-order valence-electron chi connectivity index (χ0n) is 16.9. The molecule has 3 aromatic rings. The van der Waals surface area contributed by atoms with E-state index in [-0.39, 0.29) is 11.2 Å². The number of ether oxygens (including phenoxy) is 2. The third-order valence-corrected chi connectivity index (χ3v) is 6.11. The number of benzene rings is 2. The monoisotopic (exact) mass is 408 g/mol. The molecule has 2 N–H and O–H groups in total. The van der Waals surface area contributed by atoms with Crippen molar-refractivity contribution in [1.82, 2.24) is 0 Å². The summed E-state index contributed by atoms with van der Waals surface area (Å²) in [6.07, 6.45) is 6.41. The van der Waals surface area contributed by atoms with Gasteiger partial charge in [0.25, 0.3) is 0 Å². The molecule has 2 aliphatic rings. The van der Waals surface area contributed by atoms with Crippen molar-refractivity contribution in [1.29, 1.82) is 0 Å². The van der Waals surface area contributed by atoms with E-state index in [0.717, 1.165) is 24.2 Å². The summed E-state index contributed by atoms with van der Waals surface area (Å²) in [5.41, 5.74) is 2.29. The van der Waals surface area contributed by atoms with Crippen LogP contribution in [-0.2, 0) is 6.54 Å². The van der Waals surface area contributed by atoms with E-state index in [2.05, 4.69) is 0 Å². The normalized spacial score (nSPS) is 17.1. The van der Waals surface area contributed by atoms with E-state index >= 15 is 0 Å². The molecule has 3 heterocycles. The van der Waals surface area contributed by atoms with Gasteiger partial charge in [0.1, 0.15) is 37.4 Å². The van der Waals surface area contributed by atoms with Gasteiger partial charge in [0.05, 0.1) is 29.6 Å². The van der Waals surface area contributed by atoms with Crippen molar-refractivity contribution in [2.75, 3.05) is 26.3 Å². The Morgan fingerprint density at radius 2 is 1.70 bits per heavy atom. The first-order valence-corrected chi connectivity index (χ1v) is 10.7. The minimum Gasteiger partial charge on any atom is -0.507 e. The van der Waals surface area contributed by atoms with Gasteiger partial charge >= 0.3 is 0 Å². The predicted molar refractivity (Wildman–Crippen MR) is 113 cm³/mol. The minimum absolute atomic E-state index is 0.111. The van der Waals surface area contributed by atoms with E-state index in [9.17, 15) is 9.90 Å². The van der Waals surface area contributed by atoms with E-state index in [0.29, 0.717) is 47.8 Å². The quantitative estimate of drug-likeness (QED) is 0.697. The lowest BCUT2D eigenvalue weighted by atomic mass is 10.0. The molecule has 1 aromatic heterocycles. The van der Waals surface area contributed by atoms with Crippen LogP contribution < -0.4 is 19.8 Å². The number of nitrogens with one attached hydrogen (secondary N) is 1. The molecule has 0 saturated carbocycles. The van der Waals surface area contributed by atoms with Crippen molar-refractivity contribution in [2.45, 2.75) is 32.2 Å². The summed E-state index contributed by atoms with van der Waals surface area (Å²) in [7, 11) is 0. The van der Waals surface area contributed by atoms with Gasteiger partial charge in [-0.1, -0.05) is 6.07 Å². The van der Waals surface area contributed by atoms with Gasteiger partial charge in [0, 0.05) is 0 Å². The number of likely N-dealkylation sites (tertiary alicyclic amines) is 1. The predicted octanol–water partition coefficient (Wildman–Crippen LogP) is 2.90. The second-order valence-electron chi connectivity index (χ2n) is 8.12. The van der Waals surface area contributed by atoms with Crippen molar-refractivity contribution in [3.8, 4) is 28.4 Å². The van der Waals surface area contributed by atoms with Crippen molar-refractivity contribution in [3.63, 3.8) is 0 Å². The average molecular weight is 408 g/mol. The molecule has 0 spiro atoms. The van der Waals surface area contributed by atoms with Crippen LogP contribution >= 0.6 is 0 Å². The second-order valence-corrected chi connectivity index (χ2v) is 8.12. The summed E-state index contributed by atoms with van der Waals surface area (Å²) < 4.78 is 17.2. The summed E-state index contributed by atoms with van der Waals surface area (Å²) >= 11 is 0. The van der Waals surface area contributed by atoms with E-state index in [1.165, 1.54) is 36.8 Å². The number of hydrogen-bond donors (Lipinski definition) is 2. The lowest BCUT2D eigenvalue weighted by Crippen LogP contribution is -3.10. The molecule has 1 saturated heterocycles. The van der Waals surface area contributed by atoms with E-state index in [4.69, 9.17) is 13.9 Å². The molecule has 1 fully saturated rings. The zero-order chi connectivity index (χ0) is 20.5. The van der Waals surface area contributed by atoms with Crippen LogP contribution in [0.1, 0.15) is 31.2 Å². The first kappa shape index (κ1) is 19.0. The molecule has 156 valence electrons. The maximum absolute atomic E-state index is 13.3. The molecular weight excluding hydrogens is 382 g/mol. The fourth-order valence-corrected chi connectivity index (χ4v) is 4.48. The highest BCUT2D eigenvalue weighted by Gasteiger charge is 2.21. The minimum atomic E-state index is -0.111. The molecular formula is C24H26NO5+. The number of aromatic hydroxyl groups is 1. The van der Waals surface area contributed by atoms with Gasteiger partial charge in [-0.25, -0.2) is 0 Å². The van der Waals surface area contributed by atoms with Gasteiger partial charge in [-0.2, -0.15) is 0 Å². The van der Waals surface area contributed by atoms with E-state index in [1.54, 1.807) is 12.1 Å². The SMILES string of the molecule is O=c1c(-c2ccc3c(c2)OCCO3)coc2c(C[NH+]3CCCCCC3)c(O)ccc12. The van der Waals surface area contributed by atoms with Gasteiger partial charge in [0.15, 0.2) is 11.5 Å². The Morgan fingerprint density at radius 1 is 0.933 bits per heavy atom. The third-order valence-electron chi connectivity index (χ3n) is 6.11. The highest BCUT2D eigenvalue weighted by atomic mass is 16.6. The molecule has 0 atom stereocenters. The van der Waals surface area contributed by atoms with Gasteiger partial charge in [-0.3, -0.25) is 4.79 Å². The molecule has 0 amide bonds. The van der Waals surface area contributed by atoms with Crippen LogP contribution in [-0.4, -0.2) is 31.4 Å². The summed E-state index contributed by atoms with van der Waals surface area (Å²) in [4.78, 5) is 14.7. The second kappa shape index (κ2) is 8.03. The Morgan fingerprint density at radius 3 is 2.50 bits per heavy atom. The first-order chi connectivity index (χ1) is 14.7. The zero-order valence-corrected chi connectivity index (χ0v) is 16.9. The largest absolute Gasteiger partial charge is 0.507 e. The van der Waals surface area contributed by atoms with E-state index in [1.807, 2.05) is 18.2 Å². The summed E-state index contributed by atoms with van der Waals surface area (Å²) in [5.74, 6) is 1.51. The lowest BCUT2D eigenvalue weighted by molar-refractivity contribution is -0.913. The maximum atomic E-state index is 13.3. The Hall–Kier alpha value is -2.99. The number of quaternary nitrogens is 1. The molecule has 6 nitrogen and oxygen atoms in total. The van der Waals surface area contributed by atoms with Gasteiger partial charge in [0.2, 0.25) is 5.43 Å². The number of phenolic OH excluding ortho intramolecular Hbond substituents is 1. The average Bonchev–Trinajstić information content (AvgIpc) is 3.04. The highest BCUT2D eigenvalue weighted by molar-refractivity contribution is 5.85. The fourth-order valence-electron chi connectivity index (χ4n) is 4.48. The van der Waals surface area contributed by atoms with Crippen molar-refractivity contribution in [2.24, 2.45) is 0 Å². The lowest BCUT2D eigenvalue weighted by Gasteiger charge is -2.19. The first-order valence-electron chi connectivity index (χ1n) is 10.7. The highest BCUT2D eigenvalue weighted by Crippen LogP contribution is 2.34. The van der Waals surface area contributed by atoms with Crippen LogP contribution in [0.25, 0.3) is 22.1 Å². The van der Waals surface area contributed by atoms with Crippen LogP contribution in [0.5, 0.6) is 17.2 Å². The molecule has 0 aliphatic carbocycles. The molecule has 6 heteroatoms. The standard InChI is InChI=1S/C24H25NO5/c26-20-7-6-17-23(27)19(16-5-8-21-22(13-16)29-12-11-28-21)15-30-24(17)18(20)14-25-9-3-1-2-4-10-25/h5-8,13,15,26H,1-4,9-12,14H2/p+1. The number of fused-ring (bicyclic) bond motifs is 2. The summed E-state index contributed by atoms with van der Waals surface area (Å²) in [5, 5.41) is 11.0. The smallest absolute Gasteiger partial charge is 0.200 e. The molecule has 30 heavy (non-hydrogen) atoms. The number of hydrogen-bond acceptors (Lipinski definition) is 5. The van der Waals surface area contributed by atoms with Crippen molar-refractivity contribution >= 4 is 11.0 Å². The summed E-state index contributed by atoms with van der Waals surface area (Å²) in [6.45, 7) is 3.83.